The van der Waals surface area contributed by atoms with Crippen LogP contribution in [0.1, 0.15) is 0 Å². The van der Waals surface area contributed by atoms with Crippen LogP contribution in [0.2, 0.25) is 0 Å². The van der Waals surface area contributed by atoms with Gasteiger partial charge in [0.05, 0.1) is 16.7 Å². The molecule has 0 amide bonds. The number of nitrogens with zero attached hydrogens (tertiary/aromatic N) is 4. The minimum absolute atomic E-state index is 0.633. The summed E-state index contributed by atoms with van der Waals surface area (Å²) >= 11 is 3.65. The molecule has 4 nitrogen and oxygen atoms in total. The highest BCUT2D eigenvalue weighted by Gasteiger charge is 2.11. The maximum absolute atomic E-state index is 4.92. The molecule has 0 saturated heterocycles. The number of pyridine rings is 2. The second kappa shape index (κ2) is 5.57. The topological polar surface area (TPSA) is 51.6 Å². The minimum Gasteiger partial charge on any atom is -0.251 e. The molecule has 3 heterocycles. The third-order valence-electron chi connectivity index (χ3n) is 4.21. The van der Waals surface area contributed by atoms with Gasteiger partial charge < -0.3 is 0 Å². The van der Waals surface area contributed by atoms with Gasteiger partial charge in [-0.25, -0.2) is 15.0 Å². The van der Waals surface area contributed by atoms with Gasteiger partial charge in [0.2, 0.25) is 0 Å². The van der Waals surface area contributed by atoms with E-state index >= 15 is 0 Å². The molecule has 25 heavy (non-hydrogen) atoms. The van der Waals surface area contributed by atoms with Gasteiger partial charge >= 0.3 is 0 Å². The fourth-order valence-electron chi connectivity index (χ4n) is 3.03. The van der Waals surface area contributed by atoms with Crippen LogP contribution in [0.4, 0.5) is 0 Å². The molecule has 0 aliphatic heterocycles. The largest absolute Gasteiger partial charge is 0.251 e. The molecule has 0 N–H and O–H groups in total. The highest BCUT2D eigenvalue weighted by molar-refractivity contribution is 9.10. The first-order valence-electron chi connectivity index (χ1n) is 7.86. The molecule has 0 spiro atoms. The number of benzene rings is 2. The van der Waals surface area contributed by atoms with Crippen LogP contribution in [0.3, 0.4) is 0 Å². The van der Waals surface area contributed by atoms with Gasteiger partial charge in [-0.15, -0.1) is 0 Å². The Morgan fingerprint density at radius 2 is 1.44 bits per heavy atom. The van der Waals surface area contributed by atoms with Gasteiger partial charge in [-0.1, -0.05) is 42.5 Å². The van der Waals surface area contributed by atoms with Crippen molar-refractivity contribution < 1.29 is 0 Å². The average Bonchev–Trinajstić information content (AvgIpc) is 2.66. The average molecular weight is 387 g/mol. The number of halogens is 1. The van der Waals surface area contributed by atoms with E-state index < -0.39 is 0 Å². The predicted octanol–water partition coefficient (Wildman–Crippen LogP) is 5.16. The van der Waals surface area contributed by atoms with Gasteiger partial charge in [0, 0.05) is 33.2 Å². The lowest BCUT2D eigenvalue weighted by atomic mass is 10.1. The van der Waals surface area contributed by atoms with Crippen molar-refractivity contribution in [3.8, 4) is 11.3 Å². The summed E-state index contributed by atoms with van der Waals surface area (Å²) in [7, 11) is 0. The Morgan fingerprint density at radius 1 is 0.720 bits per heavy atom. The van der Waals surface area contributed by atoms with E-state index in [1.54, 1.807) is 12.4 Å². The van der Waals surface area contributed by atoms with Crippen LogP contribution in [-0.2, 0) is 0 Å². The van der Waals surface area contributed by atoms with E-state index in [9.17, 15) is 0 Å². The standard InChI is InChI=1S/C20H11BrN4/c21-15-10-13-6-7-14-11-16-20(23-9-8-22-16)25-19(14)18(13)24-17(15)12-4-2-1-3-5-12/h1-11H. The van der Waals surface area contributed by atoms with Gasteiger partial charge in [-0.3, -0.25) is 4.98 Å². The lowest BCUT2D eigenvalue weighted by molar-refractivity contribution is 1.25. The Hall–Kier alpha value is -2.92. The van der Waals surface area contributed by atoms with Crippen molar-refractivity contribution in [2.75, 3.05) is 0 Å². The summed E-state index contributed by atoms with van der Waals surface area (Å²) < 4.78 is 0.964. The third kappa shape index (κ3) is 2.36. The van der Waals surface area contributed by atoms with Gasteiger partial charge in [-0.05, 0) is 28.1 Å². The summed E-state index contributed by atoms with van der Waals surface area (Å²) in [6.45, 7) is 0. The molecule has 0 unspecified atom stereocenters. The Kier molecular flexibility index (Phi) is 3.21. The summed E-state index contributed by atoms with van der Waals surface area (Å²) in [5, 5.41) is 2.05. The Bertz CT molecular complexity index is 1250. The smallest absolute Gasteiger partial charge is 0.178 e. The van der Waals surface area contributed by atoms with Crippen molar-refractivity contribution in [2.45, 2.75) is 0 Å². The molecule has 5 rings (SSSR count). The molecule has 0 fully saturated rings. The first-order chi connectivity index (χ1) is 12.3. The Morgan fingerprint density at radius 3 is 2.28 bits per heavy atom. The van der Waals surface area contributed by atoms with E-state index in [4.69, 9.17) is 9.97 Å². The van der Waals surface area contributed by atoms with E-state index in [-0.39, 0.29) is 0 Å². The van der Waals surface area contributed by atoms with Crippen molar-refractivity contribution in [1.29, 1.82) is 0 Å². The van der Waals surface area contributed by atoms with Crippen LogP contribution in [-0.4, -0.2) is 19.9 Å². The highest BCUT2D eigenvalue weighted by Crippen LogP contribution is 2.32. The third-order valence-corrected chi connectivity index (χ3v) is 4.81. The zero-order valence-corrected chi connectivity index (χ0v) is 14.6. The molecule has 3 aromatic heterocycles. The normalized spacial score (nSPS) is 11.4. The van der Waals surface area contributed by atoms with Crippen LogP contribution in [0, 0.1) is 0 Å². The second-order valence-corrected chi connectivity index (χ2v) is 6.64. The number of rotatable bonds is 1. The van der Waals surface area contributed by atoms with Crippen molar-refractivity contribution >= 4 is 48.9 Å². The fourth-order valence-corrected chi connectivity index (χ4v) is 3.59. The maximum Gasteiger partial charge on any atom is 0.178 e. The van der Waals surface area contributed by atoms with Crippen LogP contribution < -0.4 is 0 Å². The quantitative estimate of drug-likeness (QED) is 0.295. The minimum atomic E-state index is 0.633. The van der Waals surface area contributed by atoms with Gasteiger partial charge in [0.1, 0.15) is 5.52 Å². The molecule has 5 heteroatoms. The summed E-state index contributed by atoms with van der Waals surface area (Å²) in [5.41, 5.74) is 5.10. The summed E-state index contributed by atoms with van der Waals surface area (Å²) in [6, 6.07) is 18.3. The number of hydrogen-bond acceptors (Lipinski definition) is 4. The van der Waals surface area contributed by atoms with Crippen molar-refractivity contribution in [1.82, 2.24) is 19.9 Å². The number of aromatic nitrogens is 4. The summed E-state index contributed by atoms with van der Waals surface area (Å²) in [4.78, 5) is 18.3. The van der Waals surface area contributed by atoms with Crippen molar-refractivity contribution in [3.63, 3.8) is 0 Å². The molecule has 0 bridgehead atoms. The molecule has 118 valence electrons. The van der Waals surface area contributed by atoms with E-state index in [2.05, 4.69) is 56.2 Å². The van der Waals surface area contributed by atoms with Crippen LogP contribution in [0.25, 0.3) is 44.2 Å². The zero-order chi connectivity index (χ0) is 16.8. The molecular weight excluding hydrogens is 376 g/mol. The Labute approximate surface area is 151 Å². The highest BCUT2D eigenvalue weighted by atomic mass is 79.9. The van der Waals surface area contributed by atoms with Crippen LogP contribution >= 0.6 is 15.9 Å². The predicted molar refractivity (Wildman–Crippen MR) is 103 cm³/mol. The first kappa shape index (κ1) is 14.4. The lowest BCUT2D eigenvalue weighted by Crippen LogP contribution is -1.93. The summed E-state index contributed by atoms with van der Waals surface area (Å²) in [6.07, 6.45) is 3.34. The Balaban J connectivity index is 1.89. The molecule has 0 radical (unpaired) electrons. The van der Waals surface area contributed by atoms with Crippen molar-refractivity contribution in [3.05, 3.63) is 71.5 Å². The van der Waals surface area contributed by atoms with Crippen LogP contribution in [0.5, 0.6) is 0 Å². The van der Waals surface area contributed by atoms with Crippen molar-refractivity contribution in [2.24, 2.45) is 0 Å². The molecule has 0 aliphatic rings. The maximum atomic E-state index is 4.92. The molecule has 0 saturated carbocycles. The van der Waals surface area contributed by atoms with E-state index in [0.717, 1.165) is 43.1 Å². The molecule has 5 aromatic rings. The number of hydrogen-bond donors (Lipinski definition) is 0. The zero-order valence-electron chi connectivity index (χ0n) is 13.0. The lowest BCUT2D eigenvalue weighted by Gasteiger charge is -2.09. The monoisotopic (exact) mass is 386 g/mol. The second-order valence-electron chi connectivity index (χ2n) is 5.78. The molecule has 0 aliphatic carbocycles. The van der Waals surface area contributed by atoms with Gasteiger partial charge in [0.25, 0.3) is 0 Å². The van der Waals surface area contributed by atoms with Crippen LogP contribution in [0.15, 0.2) is 71.5 Å². The molecule has 0 atom stereocenters. The van der Waals surface area contributed by atoms with E-state index in [1.165, 1.54) is 0 Å². The van der Waals surface area contributed by atoms with E-state index in [1.807, 2.05) is 24.3 Å². The van der Waals surface area contributed by atoms with E-state index in [0.29, 0.717) is 5.65 Å². The molecule has 2 aromatic carbocycles. The fraction of sp³-hybridized carbons (Fsp3) is 0. The van der Waals surface area contributed by atoms with Gasteiger partial charge in [-0.2, -0.15) is 0 Å². The number of fused-ring (bicyclic) bond motifs is 4. The molecular formula is C20H11BrN4. The SMILES string of the molecule is Brc1cc2ccc3cc4nccnc4nc3c2nc1-c1ccccc1. The first-order valence-corrected chi connectivity index (χ1v) is 8.65. The van der Waals surface area contributed by atoms with Gasteiger partial charge in [0.15, 0.2) is 5.65 Å². The summed E-state index contributed by atoms with van der Waals surface area (Å²) in [5.74, 6) is 0.